The van der Waals surface area contributed by atoms with Crippen LogP contribution in [0.3, 0.4) is 0 Å². The van der Waals surface area contributed by atoms with Crippen molar-refractivity contribution < 1.29 is 14.6 Å². The standard InChI is InChI=1S/C24H35NO3/c1-5-25-12-22(4)8-6-9-24-17(22)11-16(20(24)25)23-10-7-15(18(27)19(23)24)13(2)21(23)28-14(3)26/h15-21,27H,2,5-12H2,1,3-4H3/t15-,16+,17-,18+,19-,20-,21-,22+,23+,24+/m1/s1. The van der Waals surface area contributed by atoms with Crippen LogP contribution >= 0.6 is 0 Å². The number of likely N-dealkylation sites (tertiary alicyclic amines) is 1. The van der Waals surface area contributed by atoms with Crippen molar-refractivity contribution in [1.82, 2.24) is 4.90 Å². The number of piperidine rings is 1. The highest BCUT2D eigenvalue weighted by Gasteiger charge is 2.84. The molecule has 1 saturated heterocycles. The van der Waals surface area contributed by atoms with Gasteiger partial charge in [-0.1, -0.05) is 26.8 Å². The summed E-state index contributed by atoms with van der Waals surface area (Å²) < 4.78 is 6.05. The van der Waals surface area contributed by atoms with Gasteiger partial charge in [-0.05, 0) is 66.9 Å². The Morgan fingerprint density at radius 3 is 2.82 bits per heavy atom. The molecule has 1 aliphatic heterocycles. The zero-order chi connectivity index (χ0) is 19.6. The quantitative estimate of drug-likeness (QED) is 0.585. The Balaban J connectivity index is 1.57. The van der Waals surface area contributed by atoms with Crippen molar-refractivity contribution in [1.29, 1.82) is 0 Å². The largest absolute Gasteiger partial charge is 0.457 e. The first kappa shape index (κ1) is 17.9. The first-order valence-corrected chi connectivity index (χ1v) is 11.6. The number of carbonyl (C=O) groups is 1. The van der Waals surface area contributed by atoms with Crippen molar-refractivity contribution in [3.8, 4) is 0 Å². The summed E-state index contributed by atoms with van der Waals surface area (Å²) in [4.78, 5) is 14.9. The van der Waals surface area contributed by atoms with Gasteiger partial charge < -0.3 is 9.84 Å². The van der Waals surface area contributed by atoms with Crippen molar-refractivity contribution >= 4 is 5.97 Å². The summed E-state index contributed by atoms with van der Waals surface area (Å²) in [6.07, 6.45) is 6.75. The van der Waals surface area contributed by atoms with Crippen LogP contribution in [0.4, 0.5) is 0 Å². The maximum absolute atomic E-state index is 12.1. The SMILES string of the molecule is C=C1[C@H]2CC[C@]3([C@@H]([C@H]2O)[C@@]24CCC[C@@]5(C)CN(CC)[C@@H]2[C@@H]3C[C@H]54)[C@@H]1OC(C)=O. The van der Waals surface area contributed by atoms with Crippen LogP contribution in [-0.4, -0.2) is 47.3 Å². The monoisotopic (exact) mass is 385 g/mol. The molecule has 10 atom stereocenters. The van der Waals surface area contributed by atoms with E-state index in [1.54, 1.807) is 0 Å². The zero-order valence-corrected chi connectivity index (χ0v) is 17.6. The van der Waals surface area contributed by atoms with Crippen LogP contribution in [0.25, 0.3) is 0 Å². The van der Waals surface area contributed by atoms with Crippen LogP contribution < -0.4 is 0 Å². The molecule has 0 aromatic carbocycles. The Morgan fingerprint density at radius 2 is 2.11 bits per heavy atom. The van der Waals surface area contributed by atoms with Gasteiger partial charge in [0.2, 0.25) is 0 Å². The molecule has 1 N–H and O–H groups in total. The number of nitrogens with zero attached hydrogens (tertiary/aromatic N) is 1. The summed E-state index contributed by atoms with van der Waals surface area (Å²) >= 11 is 0. The molecule has 0 aromatic rings. The van der Waals surface area contributed by atoms with Crippen LogP contribution in [0.2, 0.25) is 0 Å². The smallest absolute Gasteiger partial charge is 0.303 e. The summed E-state index contributed by atoms with van der Waals surface area (Å²) in [6, 6.07) is 0.554. The van der Waals surface area contributed by atoms with E-state index in [4.69, 9.17) is 4.74 Å². The number of rotatable bonds is 2. The summed E-state index contributed by atoms with van der Waals surface area (Å²) in [5.74, 6) is 1.44. The number of hydrogen-bond acceptors (Lipinski definition) is 4. The van der Waals surface area contributed by atoms with Gasteiger partial charge in [0.25, 0.3) is 0 Å². The highest BCUT2D eigenvalue weighted by atomic mass is 16.5. The van der Waals surface area contributed by atoms with E-state index < -0.39 is 0 Å². The molecule has 0 aromatic heterocycles. The van der Waals surface area contributed by atoms with Crippen LogP contribution in [0.15, 0.2) is 12.2 Å². The molecule has 0 amide bonds. The van der Waals surface area contributed by atoms with Gasteiger partial charge in [-0.15, -0.1) is 0 Å². The molecule has 0 unspecified atom stereocenters. The van der Waals surface area contributed by atoms with Crippen LogP contribution in [0, 0.1) is 39.9 Å². The second-order valence-corrected chi connectivity index (χ2v) is 11.3. The molecule has 154 valence electrons. The zero-order valence-electron chi connectivity index (χ0n) is 17.6. The second-order valence-electron chi connectivity index (χ2n) is 11.3. The average molecular weight is 386 g/mol. The van der Waals surface area contributed by atoms with E-state index in [0.717, 1.165) is 30.9 Å². The number of ether oxygens (including phenoxy) is 1. The number of esters is 1. The molecule has 7 aliphatic rings. The molecular weight excluding hydrogens is 350 g/mol. The number of carbonyl (C=O) groups excluding carboxylic acids is 1. The Kier molecular flexibility index (Phi) is 3.36. The van der Waals surface area contributed by atoms with Crippen molar-refractivity contribution in [2.24, 2.45) is 39.9 Å². The normalized spacial score (nSPS) is 58.7. The molecule has 0 radical (unpaired) electrons. The minimum absolute atomic E-state index is 0.0892. The van der Waals surface area contributed by atoms with Gasteiger partial charge in [0.15, 0.2) is 0 Å². The second kappa shape index (κ2) is 5.24. The first-order chi connectivity index (χ1) is 13.3. The van der Waals surface area contributed by atoms with E-state index in [-0.39, 0.29) is 40.8 Å². The van der Waals surface area contributed by atoms with Crippen molar-refractivity contribution in [3.05, 3.63) is 12.2 Å². The third-order valence-electron chi connectivity index (χ3n) is 10.7. The highest BCUT2D eigenvalue weighted by Crippen LogP contribution is 2.83. The molecular formula is C24H35NO3. The highest BCUT2D eigenvalue weighted by molar-refractivity contribution is 5.67. The van der Waals surface area contributed by atoms with E-state index >= 15 is 0 Å². The Labute approximate surface area is 168 Å². The van der Waals surface area contributed by atoms with E-state index in [2.05, 4.69) is 25.3 Å². The fraction of sp³-hybridized carbons (Fsp3) is 0.875. The molecule has 1 heterocycles. The predicted octanol–water partition coefficient (Wildman–Crippen LogP) is 3.39. The molecule has 7 rings (SSSR count). The maximum atomic E-state index is 12.1. The summed E-state index contributed by atoms with van der Waals surface area (Å²) in [5.41, 5.74) is 1.51. The molecule has 4 nitrogen and oxygen atoms in total. The summed E-state index contributed by atoms with van der Waals surface area (Å²) in [6.45, 7) is 13.1. The predicted molar refractivity (Wildman–Crippen MR) is 106 cm³/mol. The van der Waals surface area contributed by atoms with Crippen LogP contribution in [0.5, 0.6) is 0 Å². The summed E-state index contributed by atoms with van der Waals surface area (Å²) in [5, 5.41) is 11.7. The van der Waals surface area contributed by atoms with Crippen molar-refractivity contribution in [2.45, 2.75) is 77.5 Å². The fourth-order valence-corrected chi connectivity index (χ4v) is 10.4. The molecule has 6 aliphatic carbocycles. The van der Waals surface area contributed by atoms with E-state index in [9.17, 15) is 9.90 Å². The van der Waals surface area contributed by atoms with E-state index in [0.29, 0.717) is 17.4 Å². The van der Waals surface area contributed by atoms with E-state index in [1.807, 2.05) is 0 Å². The number of fused-ring (bicyclic) bond motifs is 2. The number of hydrogen-bond donors (Lipinski definition) is 1. The Morgan fingerprint density at radius 1 is 1.32 bits per heavy atom. The first-order valence-electron chi connectivity index (χ1n) is 11.6. The third kappa shape index (κ3) is 1.65. The number of aliphatic hydroxyl groups is 1. The Bertz CT molecular complexity index is 765. The van der Waals surface area contributed by atoms with Crippen LogP contribution in [-0.2, 0) is 9.53 Å². The molecule has 6 saturated carbocycles. The lowest BCUT2D eigenvalue weighted by molar-refractivity contribution is -0.233. The Hall–Kier alpha value is -0.870. The third-order valence-corrected chi connectivity index (χ3v) is 10.7. The maximum Gasteiger partial charge on any atom is 0.303 e. The lowest BCUT2D eigenvalue weighted by Crippen LogP contribution is -2.69. The molecule has 28 heavy (non-hydrogen) atoms. The molecule has 7 bridgehead atoms. The topological polar surface area (TPSA) is 49.8 Å². The van der Waals surface area contributed by atoms with Gasteiger partial charge in [-0.3, -0.25) is 9.69 Å². The van der Waals surface area contributed by atoms with Gasteiger partial charge >= 0.3 is 5.97 Å². The van der Waals surface area contributed by atoms with Gasteiger partial charge in [0, 0.05) is 36.8 Å². The molecule has 4 heteroatoms. The van der Waals surface area contributed by atoms with E-state index in [1.165, 1.54) is 39.2 Å². The number of aliphatic hydroxyl groups excluding tert-OH is 1. The van der Waals surface area contributed by atoms with Gasteiger partial charge in [-0.25, -0.2) is 0 Å². The minimum atomic E-state index is -0.303. The lowest BCUT2D eigenvalue weighted by Gasteiger charge is -2.68. The van der Waals surface area contributed by atoms with Crippen molar-refractivity contribution in [3.63, 3.8) is 0 Å². The van der Waals surface area contributed by atoms with Gasteiger partial charge in [0.05, 0.1) is 6.10 Å². The summed E-state index contributed by atoms with van der Waals surface area (Å²) in [7, 11) is 0. The minimum Gasteiger partial charge on any atom is -0.457 e. The van der Waals surface area contributed by atoms with Gasteiger partial charge in [-0.2, -0.15) is 0 Å². The molecule has 2 spiro atoms. The average Bonchev–Trinajstić information content (AvgIpc) is 3.05. The van der Waals surface area contributed by atoms with Crippen LogP contribution in [0.1, 0.15) is 59.3 Å². The molecule has 7 fully saturated rings. The fourth-order valence-electron chi connectivity index (χ4n) is 10.4. The lowest BCUT2D eigenvalue weighted by atomic mass is 9.39. The van der Waals surface area contributed by atoms with Crippen molar-refractivity contribution in [2.75, 3.05) is 13.1 Å². The van der Waals surface area contributed by atoms with Gasteiger partial charge in [0.1, 0.15) is 6.10 Å².